The molecule has 1 aliphatic rings. The lowest BCUT2D eigenvalue weighted by molar-refractivity contribution is -0.116. The predicted molar refractivity (Wildman–Crippen MR) is 128 cm³/mol. The lowest BCUT2D eigenvalue weighted by Crippen LogP contribution is -2.36. The normalized spacial score (nSPS) is 13.4. The minimum Gasteiger partial charge on any atom is -0.311 e. The van der Waals surface area contributed by atoms with Crippen LogP contribution in [0.4, 0.5) is 5.69 Å². The van der Waals surface area contributed by atoms with Crippen LogP contribution in [0, 0.1) is 6.92 Å². The van der Waals surface area contributed by atoms with E-state index in [1.807, 2.05) is 60.4 Å². The maximum Gasteiger partial charge on any atom is 0.260 e. The van der Waals surface area contributed by atoms with Gasteiger partial charge in [0.2, 0.25) is 5.91 Å². The number of carbonyl (C=O) groups excluding carboxylic acids is 1. The lowest BCUT2D eigenvalue weighted by atomic mass is 10.0. The third kappa shape index (κ3) is 3.79. The molecule has 31 heavy (non-hydrogen) atoms. The summed E-state index contributed by atoms with van der Waals surface area (Å²) >= 11 is 2.80. The van der Waals surface area contributed by atoms with Crippen molar-refractivity contribution in [3.05, 3.63) is 75.4 Å². The number of amides is 1. The van der Waals surface area contributed by atoms with Crippen LogP contribution < -0.4 is 10.5 Å². The molecule has 0 unspecified atom stereocenters. The van der Waals surface area contributed by atoms with Crippen LogP contribution >= 0.6 is 23.1 Å². The van der Waals surface area contributed by atoms with Gasteiger partial charge in [-0.2, -0.15) is 0 Å². The Morgan fingerprint density at radius 1 is 1.16 bits per heavy atom. The van der Waals surface area contributed by atoms with Crippen LogP contribution in [-0.2, 0) is 11.2 Å². The first-order valence-corrected chi connectivity index (χ1v) is 12.0. The molecule has 1 amide bonds. The van der Waals surface area contributed by atoms with Crippen molar-refractivity contribution in [2.24, 2.45) is 0 Å². The third-order valence-electron chi connectivity index (χ3n) is 5.52. The summed E-state index contributed by atoms with van der Waals surface area (Å²) in [4.78, 5) is 37.0. The smallest absolute Gasteiger partial charge is 0.260 e. The highest BCUT2D eigenvalue weighted by Gasteiger charge is 2.23. The summed E-state index contributed by atoms with van der Waals surface area (Å²) in [5.74, 6) is 0.269. The lowest BCUT2D eigenvalue weighted by Gasteiger charge is -2.29. The third-order valence-corrected chi connectivity index (χ3v) is 7.38. The first kappa shape index (κ1) is 20.0. The van der Waals surface area contributed by atoms with Crippen molar-refractivity contribution in [1.82, 2.24) is 9.97 Å². The van der Waals surface area contributed by atoms with Gasteiger partial charge in [-0.1, -0.05) is 60.3 Å². The van der Waals surface area contributed by atoms with Crippen LogP contribution in [0.1, 0.15) is 16.9 Å². The number of hydrogen-bond acceptors (Lipinski definition) is 5. The number of thiophene rings is 1. The van der Waals surface area contributed by atoms with E-state index in [-0.39, 0.29) is 17.2 Å². The van der Waals surface area contributed by atoms with Crippen molar-refractivity contribution < 1.29 is 4.79 Å². The number of nitrogens with zero attached hydrogens (tertiary/aromatic N) is 2. The molecule has 0 radical (unpaired) electrons. The fraction of sp³-hybridized carbons (Fsp3) is 0.208. The van der Waals surface area contributed by atoms with E-state index >= 15 is 0 Å². The minimum absolute atomic E-state index is 0.0345. The molecule has 0 bridgehead atoms. The zero-order valence-electron chi connectivity index (χ0n) is 17.1. The molecule has 1 aliphatic heterocycles. The van der Waals surface area contributed by atoms with Gasteiger partial charge in [0, 0.05) is 22.7 Å². The van der Waals surface area contributed by atoms with Crippen LogP contribution in [0.3, 0.4) is 0 Å². The first-order chi connectivity index (χ1) is 15.1. The van der Waals surface area contributed by atoms with E-state index in [9.17, 15) is 9.59 Å². The minimum atomic E-state index is -0.161. The summed E-state index contributed by atoms with van der Waals surface area (Å²) in [6, 6.07) is 18.0. The number of anilines is 1. The van der Waals surface area contributed by atoms with Gasteiger partial charge < -0.3 is 9.88 Å². The molecule has 2 aromatic heterocycles. The van der Waals surface area contributed by atoms with Crippen LogP contribution in [0.2, 0.25) is 0 Å². The molecule has 4 aromatic rings. The fourth-order valence-corrected chi connectivity index (χ4v) is 5.96. The zero-order valence-corrected chi connectivity index (χ0v) is 18.7. The fourth-order valence-electron chi connectivity index (χ4n) is 4.12. The van der Waals surface area contributed by atoms with Crippen molar-refractivity contribution in [3.8, 4) is 11.1 Å². The number of fused-ring (bicyclic) bond motifs is 2. The van der Waals surface area contributed by atoms with E-state index < -0.39 is 0 Å². The number of rotatable bonds is 4. The number of H-pyrrole nitrogens is 1. The van der Waals surface area contributed by atoms with Gasteiger partial charge in [0.15, 0.2) is 5.16 Å². The number of aromatic amines is 1. The Bertz CT molecular complexity index is 1330. The predicted octanol–water partition coefficient (Wildman–Crippen LogP) is 5.03. The number of thioether (sulfide) groups is 1. The van der Waals surface area contributed by atoms with Gasteiger partial charge in [-0.25, -0.2) is 4.98 Å². The van der Waals surface area contributed by atoms with Crippen LogP contribution in [0.25, 0.3) is 21.3 Å². The van der Waals surface area contributed by atoms with Gasteiger partial charge >= 0.3 is 0 Å². The maximum absolute atomic E-state index is 12.9. The zero-order chi connectivity index (χ0) is 21.4. The van der Waals surface area contributed by atoms with Crippen LogP contribution in [0.15, 0.2) is 64.5 Å². The van der Waals surface area contributed by atoms with E-state index in [4.69, 9.17) is 0 Å². The van der Waals surface area contributed by atoms with E-state index in [0.29, 0.717) is 15.4 Å². The number of aryl methyl sites for hydroxylation is 2. The summed E-state index contributed by atoms with van der Waals surface area (Å²) in [6.07, 6.45) is 1.96. The average molecular weight is 448 g/mol. The maximum atomic E-state index is 12.9. The largest absolute Gasteiger partial charge is 0.311 e. The molecule has 0 aliphatic carbocycles. The van der Waals surface area contributed by atoms with Gasteiger partial charge in [-0.15, -0.1) is 11.3 Å². The number of aromatic nitrogens is 2. The highest BCUT2D eigenvalue weighted by atomic mass is 32.2. The molecule has 5 rings (SSSR count). The molecule has 5 nitrogen and oxygen atoms in total. The molecule has 156 valence electrons. The highest BCUT2D eigenvalue weighted by molar-refractivity contribution is 7.99. The van der Waals surface area contributed by atoms with Crippen molar-refractivity contribution in [3.63, 3.8) is 0 Å². The van der Waals surface area contributed by atoms with Gasteiger partial charge in [-0.3, -0.25) is 9.59 Å². The molecule has 7 heteroatoms. The Labute approximate surface area is 188 Å². The molecule has 3 heterocycles. The van der Waals surface area contributed by atoms with E-state index in [1.165, 1.54) is 28.7 Å². The van der Waals surface area contributed by atoms with Gasteiger partial charge in [0.1, 0.15) is 4.83 Å². The molecule has 2 aromatic carbocycles. The Kier molecular flexibility index (Phi) is 5.38. The van der Waals surface area contributed by atoms with Crippen LogP contribution in [0.5, 0.6) is 0 Å². The summed E-state index contributed by atoms with van der Waals surface area (Å²) < 4.78 is 0. The van der Waals surface area contributed by atoms with Gasteiger partial charge in [0.25, 0.3) is 5.56 Å². The Morgan fingerprint density at radius 2 is 1.94 bits per heavy atom. The van der Waals surface area contributed by atoms with Crippen LogP contribution in [-0.4, -0.2) is 28.2 Å². The SMILES string of the molecule is Cc1sc2nc(SCC(=O)N3CCCc4ccccc43)[nH]c(=O)c2c1-c1ccccc1. The summed E-state index contributed by atoms with van der Waals surface area (Å²) in [5, 5.41) is 1.10. The second-order valence-corrected chi connectivity index (χ2v) is 9.68. The van der Waals surface area contributed by atoms with Crippen molar-refractivity contribution in [2.45, 2.75) is 24.9 Å². The number of benzene rings is 2. The number of carbonyl (C=O) groups is 1. The molecule has 0 spiro atoms. The monoisotopic (exact) mass is 447 g/mol. The summed E-state index contributed by atoms with van der Waals surface area (Å²) in [7, 11) is 0. The Morgan fingerprint density at radius 3 is 2.77 bits per heavy atom. The number of hydrogen-bond donors (Lipinski definition) is 1. The van der Waals surface area contributed by atoms with E-state index in [1.54, 1.807) is 0 Å². The van der Waals surface area contributed by atoms with E-state index in [0.717, 1.165) is 41.1 Å². The molecular formula is C24H21N3O2S2. The average Bonchev–Trinajstić information content (AvgIpc) is 3.14. The topological polar surface area (TPSA) is 66.1 Å². The quantitative estimate of drug-likeness (QED) is 0.352. The Balaban J connectivity index is 1.40. The number of para-hydroxylation sites is 1. The summed E-state index contributed by atoms with van der Waals surface area (Å²) in [6.45, 7) is 2.74. The van der Waals surface area contributed by atoms with Gasteiger partial charge in [0.05, 0.1) is 11.1 Å². The standard InChI is InChI=1S/C24H21N3O2S2/c1-15-20(17-9-3-2-4-10-17)21-22(29)25-24(26-23(21)31-15)30-14-19(28)27-13-7-11-16-8-5-6-12-18(16)27/h2-6,8-10,12H,7,11,13-14H2,1H3,(H,25,26,29). The molecule has 0 saturated heterocycles. The molecule has 1 N–H and O–H groups in total. The van der Waals surface area contributed by atoms with E-state index in [2.05, 4.69) is 16.0 Å². The second kappa shape index (κ2) is 8.32. The highest BCUT2D eigenvalue weighted by Crippen LogP contribution is 2.36. The Hall–Kier alpha value is -2.90. The van der Waals surface area contributed by atoms with Crippen molar-refractivity contribution in [1.29, 1.82) is 0 Å². The summed E-state index contributed by atoms with van der Waals surface area (Å²) in [5.41, 5.74) is 4.00. The molecule has 0 fully saturated rings. The molecule has 0 atom stereocenters. The first-order valence-electron chi connectivity index (χ1n) is 10.2. The van der Waals surface area contributed by atoms with Gasteiger partial charge in [-0.05, 0) is 37.0 Å². The van der Waals surface area contributed by atoms with Crippen molar-refractivity contribution in [2.75, 3.05) is 17.2 Å². The van der Waals surface area contributed by atoms with Crippen molar-refractivity contribution >= 4 is 44.9 Å². The number of nitrogens with one attached hydrogen (secondary N) is 1. The second-order valence-electron chi connectivity index (χ2n) is 7.52. The molecule has 0 saturated carbocycles. The molecular weight excluding hydrogens is 426 g/mol.